The molecular formula is C16H21FN2O3. The molecule has 1 amide bonds. The number of carbonyl (C=O) groups excluding carboxylic acids is 1. The van der Waals surface area contributed by atoms with Crippen LogP contribution in [0.15, 0.2) is 18.3 Å². The maximum Gasteiger partial charge on any atom is 0.410 e. The fourth-order valence-corrected chi connectivity index (χ4v) is 2.48. The summed E-state index contributed by atoms with van der Waals surface area (Å²) in [7, 11) is 0. The number of carbonyl (C=O) groups is 1. The van der Waals surface area contributed by atoms with Crippen LogP contribution in [0.3, 0.4) is 0 Å². The van der Waals surface area contributed by atoms with Gasteiger partial charge in [0.05, 0.1) is 12.7 Å². The molecular weight excluding hydrogens is 287 g/mol. The van der Waals surface area contributed by atoms with Crippen LogP contribution in [-0.4, -0.2) is 40.3 Å². The molecule has 0 aliphatic carbocycles. The molecule has 6 heteroatoms. The van der Waals surface area contributed by atoms with E-state index in [1.165, 1.54) is 6.07 Å². The van der Waals surface area contributed by atoms with Gasteiger partial charge in [-0.1, -0.05) is 13.0 Å². The molecule has 1 aliphatic heterocycles. The molecule has 2 rings (SSSR count). The lowest BCUT2D eigenvalue weighted by molar-refractivity contribution is 0.0769. The first-order valence-electron chi connectivity index (χ1n) is 7.33. The fourth-order valence-electron chi connectivity index (χ4n) is 2.48. The number of aliphatic hydroxyl groups is 1. The molecule has 0 aromatic carbocycles. The lowest BCUT2D eigenvalue weighted by atomic mass is 9.91. The van der Waals surface area contributed by atoms with Gasteiger partial charge in [-0.25, -0.2) is 9.18 Å². The lowest BCUT2D eigenvalue weighted by Gasteiger charge is -2.31. The zero-order chi connectivity index (χ0) is 16.3. The van der Waals surface area contributed by atoms with E-state index in [-0.39, 0.29) is 23.8 Å². The minimum Gasteiger partial charge on any atom is -0.447 e. The zero-order valence-corrected chi connectivity index (χ0v) is 13.0. The van der Waals surface area contributed by atoms with Crippen LogP contribution in [0.4, 0.5) is 9.18 Å². The molecule has 120 valence electrons. The largest absolute Gasteiger partial charge is 0.447 e. The number of hydrogen-bond acceptors (Lipinski definition) is 4. The predicted molar refractivity (Wildman–Crippen MR) is 80.4 cm³/mol. The van der Waals surface area contributed by atoms with E-state index in [9.17, 15) is 9.18 Å². The highest BCUT2D eigenvalue weighted by atomic mass is 19.1. The van der Waals surface area contributed by atoms with Crippen LogP contribution in [0.5, 0.6) is 0 Å². The average molecular weight is 308 g/mol. The van der Waals surface area contributed by atoms with Crippen LogP contribution in [-0.2, 0) is 11.3 Å². The topological polar surface area (TPSA) is 62.7 Å². The van der Waals surface area contributed by atoms with Crippen molar-refractivity contribution in [1.82, 2.24) is 9.88 Å². The van der Waals surface area contributed by atoms with E-state index in [4.69, 9.17) is 9.84 Å². The summed E-state index contributed by atoms with van der Waals surface area (Å²) >= 11 is 0. The Labute approximate surface area is 129 Å². The zero-order valence-electron chi connectivity index (χ0n) is 13.0. The van der Waals surface area contributed by atoms with Crippen molar-refractivity contribution in [2.75, 3.05) is 13.1 Å². The first-order chi connectivity index (χ1) is 10.4. The van der Waals surface area contributed by atoms with Crippen molar-refractivity contribution in [1.29, 1.82) is 0 Å². The lowest BCUT2D eigenvalue weighted by Crippen LogP contribution is -2.39. The Bertz CT molecular complexity index is 587. The maximum absolute atomic E-state index is 13.7. The maximum atomic E-state index is 13.7. The van der Waals surface area contributed by atoms with Gasteiger partial charge in [-0.2, -0.15) is 0 Å². The first kappa shape index (κ1) is 16.4. The van der Waals surface area contributed by atoms with Crippen molar-refractivity contribution < 1.29 is 19.0 Å². The Hall–Kier alpha value is -1.95. The van der Waals surface area contributed by atoms with Gasteiger partial charge < -0.3 is 14.7 Å². The standard InChI is InChI=1S/C16H21FN2O3/c1-10(2)22-16(21)19-5-4-13(11(3)8-19)12-6-14(17)15(9-20)18-7-12/h4,6-7,10-11,20H,5,8-9H2,1-3H3. The Morgan fingerprint density at radius 3 is 2.86 bits per heavy atom. The highest BCUT2D eigenvalue weighted by Crippen LogP contribution is 2.28. The molecule has 1 aromatic heterocycles. The molecule has 1 unspecified atom stereocenters. The Morgan fingerprint density at radius 2 is 2.32 bits per heavy atom. The molecule has 0 radical (unpaired) electrons. The highest BCUT2D eigenvalue weighted by molar-refractivity contribution is 5.73. The minimum absolute atomic E-state index is 0.0370. The number of ether oxygens (including phenoxy) is 1. The summed E-state index contributed by atoms with van der Waals surface area (Å²) in [5, 5.41) is 8.96. The van der Waals surface area contributed by atoms with E-state index in [2.05, 4.69) is 4.98 Å². The second-order valence-electron chi connectivity index (χ2n) is 5.71. The van der Waals surface area contributed by atoms with Crippen LogP contribution in [0.25, 0.3) is 5.57 Å². The third-order valence-electron chi connectivity index (χ3n) is 3.55. The van der Waals surface area contributed by atoms with Gasteiger partial charge in [-0.3, -0.25) is 4.98 Å². The van der Waals surface area contributed by atoms with E-state index in [0.717, 1.165) is 5.57 Å². The highest BCUT2D eigenvalue weighted by Gasteiger charge is 2.25. The number of aliphatic hydroxyl groups excluding tert-OH is 1. The van der Waals surface area contributed by atoms with Crippen LogP contribution in [0, 0.1) is 11.7 Å². The molecule has 1 aromatic rings. The van der Waals surface area contributed by atoms with Gasteiger partial charge in [0.2, 0.25) is 0 Å². The fraction of sp³-hybridized carbons (Fsp3) is 0.500. The smallest absolute Gasteiger partial charge is 0.410 e. The Kier molecular flexibility index (Phi) is 5.13. The minimum atomic E-state index is -0.519. The van der Waals surface area contributed by atoms with Crippen molar-refractivity contribution in [2.45, 2.75) is 33.5 Å². The summed E-state index contributed by atoms with van der Waals surface area (Å²) in [4.78, 5) is 17.5. The van der Waals surface area contributed by atoms with Gasteiger partial charge in [0.15, 0.2) is 0 Å². The third-order valence-corrected chi connectivity index (χ3v) is 3.55. The van der Waals surface area contributed by atoms with E-state index in [1.54, 1.807) is 11.1 Å². The second-order valence-corrected chi connectivity index (χ2v) is 5.71. The van der Waals surface area contributed by atoms with Crippen molar-refractivity contribution in [3.63, 3.8) is 0 Å². The van der Waals surface area contributed by atoms with Gasteiger partial charge >= 0.3 is 6.09 Å². The molecule has 0 saturated carbocycles. The predicted octanol–water partition coefficient (Wildman–Crippen LogP) is 2.59. The summed E-state index contributed by atoms with van der Waals surface area (Å²) in [6.07, 6.45) is 2.96. The number of nitrogens with zero attached hydrogens (tertiary/aromatic N) is 2. The van der Waals surface area contributed by atoms with Gasteiger partial charge in [-0.15, -0.1) is 0 Å². The normalized spacial score (nSPS) is 18.4. The second kappa shape index (κ2) is 6.87. The van der Waals surface area contributed by atoms with E-state index in [0.29, 0.717) is 18.7 Å². The molecule has 1 atom stereocenters. The summed E-state index contributed by atoms with van der Waals surface area (Å²) < 4.78 is 18.9. The van der Waals surface area contributed by atoms with E-state index < -0.39 is 12.4 Å². The monoisotopic (exact) mass is 308 g/mol. The molecule has 2 heterocycles. The van der Waals surface area contributed by atoms with Crippen molar-refractivity contribution in [3.05, 3.63) is 35.4 Å². The molecule has 1 aliphatic rings. The van der Waals surface area contributed by atoms with Gasteiger partial charge in [0.1, 0.15) is 11.5 Å². The Balaban J connectivity index is 2.15. The third kappa shape index (κ3) is 3.62. The molecule has 22 heavy (non-hydrogen) atoms. The SMILES string of the molecule is CC(C)OC(=O)N1CC=C(c2cnc(CO)c(F)c2)C(C)C1. The van der Waals surface area contributed by atoms with E-state index >= 15 is 0 Å². The number of aromatic nitrogens is 1. The molecule has 1 N–H and O–H groups in total. The van der Waals surface area contributed by atoms with E-state index in [1.807, 2.05) is 26.8 Å². The molecule has 5 nitrogen and oxygen atoms in total. The Morgan fingerprint density at radius 1 is 1.59 bits per heavy atom. The summed E-state index contributed by atoms with van der Waals surface area (Å²) in [5.41, 5.74) is 1.67. The molecule has 0 bridgehead atoms. The van der Waals surface area contributed by atoms with Gasteiger partial charge in [0, 0.05) is 19.3 Å². The van der Waals surface area contributed by atoms with Crippen molar-refractivity contribution in [3.8, 4) is 0 Å². The molecule has 0 spiro atoms. The molecule has 0 saturated heterocycles. The number of hydrogen-bond donors (Lipinski definition) is 1. The summed E-state index contributed by atoms with van der Waals surface area (Å²) in [5.74, 6) is -0.468. The number of pyridine rings is 1. The number of amides is 1. The summed E-state index contributed by atoms with van der Waals surface area (Å²) in [6, 6.07) is 1.38. The van der Waals surface area contributed by atoms with Crippen LogP contribution in [0.1, 0.15) is 32.0 Å². The van der Waals surface area contributed by atoms with Gasteiger partial charge in [-0.05, 0) is 37.0 Å². The first-order valence-corrected chi connectivity index (χ1v) is 7.33. The average Bonchev–Trinajstić information content (AvgIpc) is 2.46. The quantitative estimate of drug-likeness (QED) is 0.932. The van der Waals surface area contributed by atoms with Crippen molar-refractivity contribution in [2.24, 2.45) is 5.92 Å². The van der Waals surface area contributed by atoms with Crippen LogP contribution < -0.4 is 0 Å². The number of rotatable bonds is 3. The van der Waals surface area contributed by atoms with Crippen molar-refractivity contribution >= 4 is 11.7 Å². The van der Waals surface area contributed by atoms with Gasteiger partial charge in [0.25, 0.3) is 0 Å². The molecule has 0 fully saturated rings. The summed E-state index contributed by atoms with van der Waals surface area (Å²) in [6.45, 7) is 6.11. The van der Waals surface area contributed by atoms with Crippen LogP contribution >= 0.6 is 0 Å². The van der Waals surface area contributed by atoms with Crippen LogP contribution in [0.2, 0.25) is 0 Å². The number of halogens is 1.